The molecule has 0 fully saturated rings. The zero-order valence-corrected chi connectivity index (χ0v) is 10.9. The van der Waals surface area contributed by atoms with Gasteiger partial charge in [0.1, 0.15) is 5.69 Å². The molecule has 0 spiro atoms. The average molecular weight is 296 g/mol. The third-order valence-corrected chi connectivity index (χ3v) is 3.45. The highest BCUT2D eigenvalue weighted by Crippen LogP contribution is 2.31. The maximum absolute atomic E-state index is 10.7. The van der Waals surface area contributed by atoms with Crippen LogP contribution >= 0.6 is 15.9 Å². The first-order chi connectivity index (χ1) is 7.99. The van der Waals surface area contributed by atoms with Gasteiger partial charge < -0.3 is 9.63 Å². The molecule has 88 valence electrons. The van der Waals surface area contributed by atoms with E-state index in [1.165, 1.54) is 6.07 Å². The quantitative estimate of drug-likeness (QED) is 0.922. The molecule has 4 nitrogen and oxygen atoms in total. The van der Waals surface area contributed by atoms with Gasteiger partial charge in [-0.3, -0.25) is 0 Å². The second-order valence-corrected chi connectivity index (χ2v) is 4.62. The Morgan fingerprint density at radius 3 is 2.65 bits per heavy atom. The summed E-state index contributed by atoms with van der Waals surface area (Å²) in [6.45, 7) is 3.94. The smallest absolute Gasteiger partial charge is 0.374 e. The first kappa shape index (κ1) is 11.9. The van der Waals surface area contributed by atoms with Crippen molar-refractivity contribution in [2.24, 2.45) is 0 Å². The van der Waals surface area contributed by atoms with E-state index >= 15 is 0 Å². The Balaban J connectivity index is 2.56. The number of halogens is 1. The summed E-state index contributed by atoms with van der Waals surface area (Å²) in [5, 5.41) is 12.5. The van der Waals surface area contributed by atoms with E-state index in [1.54, 1.807) is 0 Å². The van der Waals surface area contributed by atoms with E-state index in [4.69, 9.17) is 9.63 Å². The van der Waals surface area contributed by atoms with Crippen LogP contribution in [0.1, 0.15) is 21.7 Å². The van der Waals surface area contributed by atoms with Crippen molar-refractivity contribution in [1.29, 1.82) is 0 Å². The van der Waals surface area contributed by atoms with Gasteiger partial charge in [0.25, 0.3) is 0 Å². The Kier molecular flexibility index (Phi) is 3.02. The van der Waals surface area contributed by atoms with Gasteiger partial charge in [-0.2, -0.15) is 0 Å². The molecule has 1 aromatic carbocycles. The predicted molar refractivity (Wildman–Crippen MR) is 66.1 cm³/mol. The van der Waals surface area contributed by atoms with Crippen molar-refractivity contribution in [3.05, 3.63) is 39.6 Å². The molecule has 0 aliphatic heterocycles. The predicted octanol–water partition coefficient (Wildman–Crippen LogP) is 3.42. The number of carboxylic acid groups (broad SMARTS) is 1. The number of rotatable bonds is 2. The second kappa shape index (κ2) is 4.33. The summed E-state index contributed by atoms with van der Waals surface area (Å²) in [5.74, 6) is -1.28. The van der Waals surface area contributed by atoms with Crippen LogP contribution in [-0.2, 0) is 0 Å². The second-order valence-electron chi connectivity index (χ2n) is 3.82. The Labute approximate surface area is 106 Å². The molecular weight excluding hydrogens is 286 g/mol. The topological polar surface area (TPSA) is 63.3 Å². The number of aromatic carboxylic acids is 1. The lowest BCUT2D eigenvalue weighted by Gasteiger charge is -2.05. The fourth-order valence-electron chi connectivity index (χ4n) is 1.64. The van der Waals surface area contributed by atoms with E-state index in [-0.39, 0.29) is 5.76 Å². The molecule has 0 saturated heterocycles. The SMILES string of the molecule is Cc1cc(C)c(Br)c(-c2cc(C(=O)O)on2)c1. The largest absolute Gasteiger partial charge is 0.475 e. The first-order valence-corrected chi connectivity index (χ1v) is 5.75. The molecule has 0 saturated carbocycles. The minimum atomic E-state index is -1.12. The van der Waals surface area contributed by atoms with Crippen molar-refractivity contribution in [3.63, 3.8) is 0 Å². The zero-order valence-electron chi connectivity index (χ0n) is 9.32. The molecule has 0 radical (unpaired) electrons. The number of aromatic nitrogens is 1. The molecule has 2 aromatic rings. The highest BCUT2D eigenvalue weighted by Gasteiger charge is 2.15. The van der Waals surface area contributed by atoms with Crippen molar-refractivity contribution in [3.8, 4) is 11.3 Å². The fourth-order valence-corrected chi connectivity index (χ4v) is 2.07. The van der Waals surface area contributed by atoms with E-state index in [0.29, 0.717) is 5.69 Å². The number of nitrogens with zero attached hydrogens (tertiary/aromatic N) is 1. The monoisotopic (exact) mass is 295 g/mol. The van der Waals surface area contributed by atoms with Crippen LogP contribution in [0, 0.1) is 13.8 Å². The van der Waals surface area contributed by atoms with Crippen LogP contribution in [-0.4, -0.2) is 16.2 Å². The average Bonchev–Trinajstić information content (AvgIpc) is 2.72. The Bertz CT molecular complexity index is 589. The maximum Gasteiger partial charge on any atom is 0.374 e. The van der Waals surface area contributed by atoms with Gasteiger partial charge in [0.2, 0.25) is 5.76 Å². The van der Waals surface area contributed by atoms with E-state index in [1.807, 2.05) is 26.0 Å². The van der Waals surface area contributed by atoms with Crippen LogP contribution < -0.4 is 0 Å². The van der Waals surface area contributed by atoms with Gasteiger partial charge in [-0.15, -0.1) is 0 Å². The van der Waals surface area contributed by atoms with E-state index in [9.17, 15) is 4.79 Å². The lowest BCUT2D eigenvalue weighted by molar-refractivity contribution is 0.0652. The lowest BCUT2D eigenvalue weighted by atomic mass is 10.0. The molecule has 1 aromatic heterocycles. The molecule has 5 heteroatoms. The number of hydrogen-bond donors (Lipinski definition) is 1. The first-order valence-electron chi connectivity index (χ1n) is 4.96. The fraction of sp³-hybridized carbons (Fsp3) is 0.167. The summed E-state index contributed by atoms with van der Waals surface area (Å²) in [5.41, 5.74) is 3.50. The van der Waals surface area contributed by atoms with Crippen LogP contribution in [0.4, 0.5) is 0 Å². The van der Waals surface area contributed by atoms with Crippen molar-refractivity contribution < 1.29 is 14.4 Å². The molecule has 0 amide bonds. The minimum absolute atomic E-state index is 0.161. The molecule has 0 aliphatic rings. The van der Waals surface area contributed by atoms with Crippen molar-refractivity contribution in [2.75, 3.05) is 0 Å². The van der Waals surface area contributed by atoms with Gasteiger partial charge >= 0.3 is 5.97 Å². The highest BCUT2D eigenvalue weighted by atomic mass is 79.9. The molecule has 2 rings (SSSR count). The Hall–Kier alpha value is -1.62. The Morgan fingerprint density at radius 2 is 2.06 bits per heavy atom. The number of aryl methyl sites for hydroxylation is 2. The van der Waals surface area contributed by atoms with Gasteiger partial charge in [0.15, 0.2) is 0 Å². The summed E-state index contributed by atoms with van der Waals surface area (Å²) < 4.78 is 5.64. The molecule has 0 atom stereocenters. The number of carboxylic acids is 1. The molecule has 0 bridgehead atoms. The molecule has 1 N–H and O–H groups in total. The van der Waals surface area contributed by atoms with E-state index in [2.05, 4.69) is 21.1 Å². The van der Waals surface area contributed by atoms with Gasteiger partial charge in [0.05, 0.1) is 0 Å². The van der Waals surface area contributed by atoms with Gasteiger partial charge in [-0.1, -0.05) is 16.8 Å². The zero-order chi connectivity index (χ0) is 12.6. The Morgan fingerprint density at radius 1 is 1.35 bits per heavy atom. The summed E-state index contributed by atoms with van der Waals surface area (Å²) in [6.07, 6.45) is 0. The molecule has 17 heavy (non-hydrogen) atoms. The normalized spacial score (nSPS) is 10.5. The summed E-state index contributed by atoms with van der Waals surface area (Å²) in [7, 11) is 0. The molecular formula is C12H10BrNO3. The number of carbonyl (C=O) groups is 1. The van der Waals surface area contributed by atoms with Crippen molar-refractivity contribution in [1.82, 2.24) is 5.16 Å². The highest BCUT2D eigenvalue weighted by molar-refractivity contribution is 9.10. The minimum Gasteiger partial charge on any atom is -0.475 e. The maximum atomic E-state index is 10.7. The van der Waals surface area contributed by atoms with Gasteiger partial charge in [0, 0.05) is 16.1 Å². The van der Waals surface area contributed by atoms with Crippen molar-refractivity contribution >= 4 is 21.9 Å². The third kappa shape index (κ3) is 2.24. The lowest BCUT2D eigenvalue weighted by Crippen LogP contribution is -1.91. The summed E-state index contributed by atoms with van der Waals surface area (Å²) >= 11 is 3.47. The van der Waals surface area contributed by atoms with E-state index in [0.717, 1.165) is 21.2 Å². The number of benzene rings is 1. The molecule has 0 unspecified atom stereocenters. The molecule has 0 aliphatic carbocycles. The third-order valence-electron chi connectivity index (χ3n) is 2.40. The van der Waals surface area contributed by atoms with Gasteiger partial charge in [-0.25, -0.2) is 4.79 Å². The summed E-state index contributed by atoms with van der Waals surface area (Å²) in [4.78, 5) is 10.7. The van der Waals surface area contributed by atoms with Crippen LogP contribution in [0.3, 0.4) is 0 Å². The van der Waals surface area contributed by atoms with Gasteiger partial charge in [-0.05, 0) is 41.4 Å². The van der Waals surface area contributed by atoms with Crippen molar-refractivity contribution in [2.45, 2.75) is 13.8 Å². The standard InChI is InChI=1S/C12H10BrNO3/c1-6-3-7(2)11(13)8(4-6)9-5-10(12(15)16)17-14-9/h3-5H,1-2H3,(H,15,16). The van der Waals surface area contributed by atoms with Crippen LogP contribution in [0.15, 0.2) is 27.2 Å². The van der Waals surface area contributed by atoms with Crippen LogP contribution in [0.2, 0.25) is 0 Å². The van der Waals surface area contributed by atoms with Crippen LogP contribution in [0.5, 0.6) is 0 Å². The number of hydrogen-bond acceptors (Lipinski definition) is 3. The van der Waals surface area contributed by atoms with E-state index < -0.39 is 5.97 Å². The van der Waals surface area contributed by atoms with Crippen LogP contribution in [0.25, 0.3) is 11.3 Å². The summed E-state index contributed by atoms with van der Waals surface area (Å²) in [6, 6.07) is 5.38. The molecule has 1 heterocycles.